The molecule has 1 nitrogen and oxygen atoms in total. The molecule has 0 spiro atoms. The topological polar surface area (TPSA) is 3.24 Å². The number of anilines is 1. The molecule has 0 heterocycles. The maximum atomic E-state index is 3.84. The summed E-state index contributed by atoms with van der Waals surface area (Å²) in [7, 11) is 0. The van der Waals surface area contributed by atoms with Gasteiger partial charge in [-0.25, -0.2) is 0 Å². The first kappa shape index (κ1) is 11.1. The van der Waals surface area contributed by atoms with Crippen molar-refractivity contribution in [3.63, 3.8) is 0 Å². The summed E-state index contributed by atoms with van der Waals surface area (Å²) in [6.07, 6.45) is 1.89. The van der Waals surface area contributed by atoms with Crippen molar-refractivity contribution in [2.75, 3.05) is 18.0 Å². The molecular weight excluding hydrogens is 238 g/mol. The van der Waals surface area contributed by atoms with Crippen LogP contribution in [0.15, 0.2) is 54.0 Å². The van der Waals surface area contributed by atoms with Crippen molar-refractivity contribution in [3.05, 3.63) is 54.0 Å². The first-order chi connectivity index (χ1) is 6.74. The van der Waals surface area contributed by atoms with Crippen molar-refractivity contribution >= 4 is 21.6 Å². The van der Waals surface area contributed by atoms with Gasteiger partial charge in [0.25, 0.3) is 0 Å². The summed E-state index contributed by atoms with van der Waals surface area (Å²) in [5.41, 5.74) is 1.19. The third-order valence-corrected chi connectivity index (χ3v) is 2.08. The van der Waals surface area contributed by atoms with Crippen LogP contribution in [0.5, 0.6) is 0 Å². The molecule has 0 aliphatic rings. The van der Waals surface area contributed by atoms with Crippen molar-refractivity contribution in [2.24, 2.45) is 0 Å². The molecule has 0 atom stereocenters. The molecule has 0 N–H and O–H groups in total. The molecule has 0 saturated heterocycles. The highest BCUT2D eigenvalue weighted by atomic mass is 79.9. The smallest absolute Gasteiger partial charge is 0.0492 e. The minimum atomic E-state index is 0.802. The molecule has 74 valence electrons. The van der Waals surface area contributed by atoms with Crippen LogP contribution in [0.3, 0.4) is 0 Å². The van der Waals surface area contributed by atoms with Crippen molar-refractivity contribution in [1.29, 1.82) is 0 Å². The average Bonchev–Trinajstić information content (AvgIpc) is 2.18. The lowest BCUT2D eigenvalue weighted by Crippen LogP contribution is -2.24. The van der Waals surface area contributed by atoms with Gasteiger partial charge >= 0.3 is 0 Å². The predicted molar refractivity (Wildman–Crippen MR) is 66.9 cm³/mol. The molecule has 0 unspecified atom stereocenters. The average molecular weight is 252 g/mol. The molecule has 1 aromatic rings. The van der Waals surface area contributed by atoms with Crippen molar-refractivity contribution < 1.29 is 0 Å². The summed E-state index contributed by atoms with van der Waals surface area (Å²) in [4.78, 5) is 2.20. The van der Waals surface area contributed by atoms with Crippen LogP contribution in [0.1, 0.15) is 0 Å². The molecule has 1 rings (SSSR count). The van der Waals surface area contributed by atoms with E-state index in [4.69, 9.17) is 0 Å². The Morgan fingerprint density at radius 3 is 2.50 bits per heavy atom. The van der Waals surface area contributed by atoms with Gasteiger partial charge in [-0.1, -0.05) is 46.8 Å². The monoisotopic (exact) mass is 251 g/mol. The fraction of sp³-hybridized carbons (Fsp3) is 0.167. The fourth-order valence-electron chi connectivity index (χ4n) is 1.26. The molecule has 14 heavy (non-hydrogen) atoms. The summed E-state index contributed by atoms with van der Waals surface area (Å²) in [5, 5.41) is 0. The van der Waals surface area contributed by atoms with Gasteiger partial charge in [0.1, 0.15) is 0 Å². The molecule has 0 bridgehead atoms. The van der Waals surface area contributed by atoms with Crippen LogP contribution < -0.4 is 4.90 Å². The van der Waals surface area contributed by atoms with Crippen LogP contribution in [0, 0.1) is 0 Å². The molecule has 0 aliphatic carbocycles. The van der Waals surface area contributed by atoms with Crippen LogP contribution in [-0.2, 0) is 0 Å². The molecule has 0 saturated carbocycles. The van der Waals surface area contributed by atoms with Crippen LogP contribution in [0.2, 0.25) is 0 Å². The third-order valence-electron chi connectivity index (χ3n) is 1.83. The van der Waals surface area contributed by atoms with Gasteiger partial charge in [0.05, 0.1) is 0 Å². The van der Waals surface area contributed by atoms with E-state index in [1.807, 2.05) is 24.3 Å². The van der Waals surface area contributed by atoms with Crippen LogP contribution in [0.25, 0.3) is 0 Å². The lowest BCUT2D eigenvalue weighted by Gasteiger charge is -2.22. The number of para-hydroxylation sites is 1. The van der Waals surface area contributed by atoms with Gasteiger partial charge in [-0.05, 0) is 12.1 Å². The largest absolute Gasteiger partial charge is 0.363 e. The summed E-state index contributed by atoms with van der Waals surface area (Å²) in [5.74, 6) is 0. The summed E-state index contributed by atoms with van der Waals surface area (Å²) < 4.78 is 0.975. The first-order valence-electron chi connectivity index (χ1n) is 4.48. The van der Waals surface area contributed by atoms with E-state index in [9.17, 15) is 0 Å². The molecule has 0 aromatic heterocycles. The highest BCUT2D eigenvalue weighted by Crippen LogP contribution is 2.15. The number of nitrogens with zero attached hydrogens (tertiary/aromatic N) is 1. The SMILES string of the molecule is C=CCN(CC(=C)Br)c1ccccc1. The minimum Gasteiger partial charge on any atom is -0.363 e. The molecule has 2 heteroatoms. The number of hydrogen-bond acceptors (Lipinski definition) is 1. The highest BCUT2D eigenvalue weighted by Gasteiger charge is 2.03. The third kappa shape index (κ3) is 3.38. The summed E-state index contributed by atoms with van der Waals surface area (Å²) >= 11 is 3.37. The van der Waals surface area contributed by atoms with Crippen LogP contribution in [0.4, 0.5) is 5.69 Å². The van der Waals surface area contributed by atoms with Crippen LogP contribution >= 0.6 is 15.9 Å². The lowest BCUT2D eigenvalue weighted by atomic mass is 10.3. The first-order valence-corrected chi connectivity index (χ1v) is 5.27. The van der Waals surface area contributed by atoms with E-state index in [1.54, 1.807) is 0 Å². The van der Waals surface area contributed by atoms with Gasteiger partial charge in [-0.3, -0.25) is 0 Å². The predicted octanol–water partition coefficient (Wildman–Crippen LogP) is 3.59. The Hall–Kier alpha value is -1.02. The second kappa shape index (κ2) is 5.66. The maximum Gasteiger partial charge on any atom is 0.0492 e. The maximum absolute atomic E-state index is 3.84. The van der Waals surface area contributed by atoms with Gasteiger partial charge in [0.15, 0.2) is 0 Å². The Labute approximate surface area is 93.9 Å². The highest BCUT2D eigenvalue weighted by molar-refractivity contribution is 9.11. The van der Waals surface area contributed by atoms with Crippen molar-refractivity contribution in [1.82, 2.24) is 0 Å². The second-order valence-corrected chi connectivity index (χ2v) is 4.14. The van der Waals surface area contributed by atoms with Crippen molar-refractivity contribution in [3.8, 4) is 0 Å². The molecule has 0 fully saturated rings. The molecule has 0 aliphatic heterocycles. The number of rotatable bonds is 5. The minimum absolute atomic E-state index is 0.802. The van der Waals surface area contributed by atoms with Gasteiger partial charge in [-0.15, -0.1) is 6.58 Å². The molecule has 0 amide bonds. The van der Waals surface area contributed by atoms with E-state index in [0.29, 0.717) is 0 Å². The Morgan fingerprint density at radius 1 is 1.36 bits per heavy atom. The Kier molecular flexibility index (Phi) is 4.47. The van der Waals surface area contributed by atoms with Gasteiger partial charge in [0, 0.05) is 23.3 Å². The summed E-state index contributed by atoms with van der Waals surface area (Å²) in [6, 6.07) is 10.2. The summed E-state index contributed by atoms with van der Waals surface area (Å²) in [6.45, 7) is 9.22. The van der Waals surface area contributed by atoms with E-state index in [0.717, 1.165) is 17.6 Å². The zero-order valence-electron chi connectivity index (χ0n) is 8.12. The van der Waals surface area contributed by atoms with E-state index in [2.05, 4.69) is 46.1 Å². The van der Waals surface area contributed by atoms with Gasteiger partial charge < -0.3 is 4.90 Å². The van der Waals surface area contributed by atoms with Gasteiger partial charge in [0.2, 0.25) is 0 Å². The van der Waals surface area contributed by atoms with E-state index < -0.39 is 0 Å². The fourth-order valence-corrected chi connectivity index (χ4v) is 1.57. The molecular formula is C12H14BrN. The van der Waals surface area contributed by atoms with Crippen LogP contribution in [-0.4, -0.2) is 13.1 Å². The number of halogens is 1. The normalized spacial score (nSPS) is 9.50. The standard InChI is InChI=1S/C12H14BrN/c1-3-9-14(10-11(2)13)12-7-5-4-6-8-12/h3-8H,1-2,9-10H2. The zero-order valence-corrected chi connectivity index (χ0v) is 9.70. The Morgan fingerprint density at radius 2 is 2.00 bits per heavy atom. The van der Waals surface area contributed by atoms with Gasteiger partial charge in [-0.2, -0.15) is 0 Å². The molecule has 0 radical (unpaired) electrons. The number of hydrogen-bond donors (Lipinski definition) is 0. The Balaban J connectivity index is 2.77. The Bertz CT molecular complexity index is 305. The molecule has 1 aromatic carbocycles. The zero-order chi connectivity index (χ0) is 10.4. The quantitative estimate of drug-likeness (QED) is 0.724. The lowest BCUT2D eigenvalue weighted by molar-refractivity contribution is 0.952. The van der Waals surface area contributed by atoms with Crippen molar-refractivity contribution in [2.45, 2.75) is 0 Å². The van der Waals surface area contributed by atoms with E-state index >= 15 is 0 Å². The number of benzene rings is 1. The van der Waals surface area contributed by atoms with E-state index in [-0.39, 0.29) is 0 Å². The second-order valence-electron chi connectivity index (χ2n) is 3.02. The van der Waals surface area contributed by atoms with E-state index in [1.165, 1.54) is 5.69 Å².